The van der Waals surface area contributed by atoms with E-state index in [1.807, 2.05) is 0 Å². The molecule has 3 rings (SSSR count). The van der Waals surface area contributed by atoms with Crippen LogP contribution in [0, 0.1) is 0 Å². The number of aromatic amines is 1. The van der Waals surface area contributed by atoms with Gasteiger partial charge in [-0.2, -0.15) is 0 Å². The zero-order valence-corrected chi connectivity index (χ0v) is 10.2. The number of rotatable bonds is 3. The minimum atomic E-state index is 0.550. The normalized spacial score (nSPS) is 22.2. The molecule has 3 heteroatoms. The maximum atomic E-state index is 4.84. The number of nitrogens with one attached hydrogen (secondary N) is 2. The highest BCUT2D eigenvalue weighted by Gasteiger charge is 2.29. The Labute approximate surface area is 97.0 Å². The van der Waals surface area contributed by atoms with Gasteiger partial charge in [0.1, 0.15) is 5.82 Å². The lowest BCUT2D eigenvalue weighted by Crippen LogP contribution is -2.40. The quantitative estimate of drug-likeness (QED) is 0.820. The summed E-state index contributed by atoms with van der Waals surface area (Å²) in [5, 5.41) is 3.31. The molecule has 0 amide bonds. The smallest absolute Gasteiger partial charge is 0.112 e. The predicted molar refractivity (Wildman–Crippen MR) is 64.9 cm³/mol. The van der Waals surface area contributed by atoms with Crippen LogP contribution in [0.1, 0.15) is 68.1 Å². The van der Waals surface area contributed by atoms with E-state index in [9.17, 15) is 0 Å². The van der Waals surface area contributed by atoms with E-state index in [0.29, 0.717) is 11.8 Å². The van der Waals surface area contributed by atoms with Crippen LogP contribution in [0.3, 0.4) is 0 Å². The first-order chi connectivity index (χ1) is 7.75. The SMILES string of the molecule is CC(C)c1nc(C2CNC2)[nH]c1C1CCC1. The number of hydrogen-bond donors (Lipinski definition) is 2. The van der Waals surface area contributed by atoms with Crippen LogP contribution in [0.5, 0.6) is 0 Å². The van der Waals surface area contributed by atoms with Crippen LogP contribution in [-0.4, -0.2) is 23.1 Å². The standard InChI is InChI=1S/C13H21N3/c1-8(2)11-12(9-4-3-5-9)16-13(15-11)10-6-14-7-10/h8-10,14H,3-7H2,1-2H3,(H,15,16). The van der Waals surface area contributed by atoms with Crippen molar-refractivity contribution >= 4 is 0 Å². The van der Waals surface area contributed by atoms with E-state index in [-0.39, 0.29) is 0 Å². The third-order valence-corrected chi connectivity index (χ3v) is 4.01. The molecule has 0 atom stereocenters. The van der Waals surface area contributed by atoms with Gasteiger partial charge in [-0.1, -0.05) is 20.3 Å². The number of aromatic nitrogens is 2. The van der Waals surface area contributed by atoms with Gasteiger partial charge in [-0.25, -0.2) is 4.98 Å². The molecule has 1 saturated heterocycles. The highest BCUT2D eigenvalue weighted by atomic mass is 15.0. The van der Waals surface area contributed by atoms with Crippen molar-refractivity contribution in [1.82, 2.24) is 15.3 Å². The van der Waals surface area contributed by atoms with Crippen molar-refractivity contribution in [3.05, 3.63) is 17.2 Å². The molecule has 2 heterocycles. The van der Waals surface area contributed by atoms with Crippen molar-refractivity contribution in [2.75, 3.05) is 13.1 Å². The average Bonchev–Trinajstić information content (AvgIpc) is 2.42. The Morgan fingerprint density at radius 3 is 2.38 bits per heavy atom. The van der Waals surface area contributed by atoms with E-state index in [4.69, 9.17) is 4.98 Å². The summed E-state index contributed by atoms with van der Waals surface area (Å²) in [7, 11) is 0. The first-order valence-corrected chi connectivity index (χ1v) is 6.56. The zero-order valence-electron chi connectivity index (χ0n) is 10.2. The molecule has 3 nitrogen and oxygen atoms in total. The molecule has 0 spiro atoms. The van der Waals surface area contributed by atoms with Crippen LogP contribution >= 0.6 is 0 Å². The van der Waals surface area contributed by atoms with Gasteiger partial charge in [0.15, 0.2) is 0 Å². The van der Waals surface area contributed by atoms with E-state index in [2.05, 4.69) is 24.1 Å². The lowest BCUT2D eigenvalue weighted by molar-refractivity contribution is 0.404. The van der Waals surface area contributed by atoms with Gasteiger partial charge in [0.05, 0.1) is 5.69 Å². The molecule has 1 aliphatic carbocycles. The fraction of sp³-hybridized carbons (Fsp3) is 0.769. The van der Waals surface area contributed by atoms with E-state index in [1.54, 1.807) is 0 Å². The van der Waals surface area contributed by atoms with E-state index in [0.717, 1.165) is 19.0 Å². The fourth-order valence-corrected chi connectivity index (χ4v) is 2.54. The van der Waals surface area contributed by atoms with Gasteiger partial charge < -0.3 is 10.3 Å². The van der Waals surface area contributed by atoms with Gasteiger partial charge in [-0.15, -0.1) is 0 Å². The van der Waals surface area contributed by atoms with Gasteiger partial charge >= 0.3 is 0 Å². The van der Waals surface area contributed by atoms with E-state index >= 15 is 0 Å². The number of hydrogen-bond acceptors (Lipinski definition) is 2. The molecule has 0 bridgehead atoms. The van der Waals surface area contributed by atoms with Gasteiger partial charge in [0, 0.05) is 30.6 Å². The van der Waals surface area contributed by atoms with Crippen molar-refractivity contribution in [1.29, 1.82) is 0 Å². The molecule has 0 aromatic carbocycles. The van der Waals surface area contributed by atoms with Crippen LogP contribution in [0.25, 0.3) is 0 Å². The van der Waals surface area contributed by atoms with Gasteiger partial charge in [-0.05, 0) is 18.8 Å². The minimum absolute atomic E-state index is 0.550. The van der Waals surface area contributed by atoms with Crippen LogP contribution in [0.15, 0.2) is 0 Å². The third kappa shape index (κ3) is 1.58. The molecule has 2 fully saturated rings. The molecule has 88 valence electrons. The first kappa shape index (κ1) is 10.3. The predicted octanol–water partition coefficient (Wildman–Crippen LogP) is 2.49. The van der Waals surface area contributed by atoms with Crippen molar-refractivity contribution in [3.8, 4) is 0 Å². The molecule has 2 aliphatic rings. The highest BCUT2D eigenvalue weighted by molar-refractivity contribution is 5.25. The number of H-pyrrole nitrogens is 1. The molecule has 0 radical (unpaired) electrons. The fourth-order valence-electron chi connectivity index (χ4n) is 2.54. The monoisotopic (exact) mass is 219 g/mol. The van der Waals surface area contributed by atoms with Crippen molar-refractivity contribution in [2.45, 2.75) is 50.9 Å². The summed E-state index contributed by atoms with van der Waals surface area (Å²) >= 11 is 0. The lowest BCUT2D eigenvalue weighted by Gasteiger charge is -2.26. The molecule has 0 unspecified atom stereocenters. The molecule has 16 heavy (non-hydrogen) atoms. The Hall–Kier alpha value is -0.830. The van der Waals surface area contributed by atoms with Gasteiger partial charge in [0.25, 0.3) is 0 Å². The van der Waals surface area contributed by atoms with Crippen molar-refractivity contribution in [2.24, 2.45) is 0 Å². The second kappa shape index (κ2) is 3.88. The van der Waals surface area contributed by atoms with Crippen LogP contribution < -0.4 is 5.32 Å². The highest BCUT2D eigenvalue weighted by Crippen LogP contribution is 2.39. The van der Waals surface area contributed by atoms with E-state index < -0.39 is 0 Å². The Balaban J connectivity index is 1.90. The summed E-state index contributed by atoms with van der Waals surface area (Å²) in [5.74, 6) is 3.18. The maximum absolute atomic E-state index is 4.84. The third-order valence-electron chi connectivity index (χ3n) is 4.01. The molecule has 1 aliphatic heterocycles. The second-order valence-corrected chi connectivity index (χ2v) is 5.56. The topological polar surface area (TPSA) is 40.7 Å². The molecule has 1 saturated carbocycles. The second-order valence-electron chi connectivity index (χ2n) is 5.56. The summed E-state index contributed by atoms with van der Waals surface area (Å²) in [5.41, 5.74) is 2.77. The summed E-state index contributed by atoms with van der Waals surface area (Å²) < 4.78 is 0. The van der Waals surface area contributed by atoms with Crippen molar-refractivity contribution in [3.63, 3.8) is 0 Å². The summed E-state index contributed by atoms with van der Waals surface area (Å²) in [4.78, 5) is 8.45. The summed E-state index contributed by atoms with van der Waals surface area (Å²) in [6, 6.07) is 0. The minimum Gasteiger partial charge on any atom is -0.345 e. The van der Waals surface area contributed by atoms with Gasteiger partial charge in [0.2, 0.25) is 0 Å². The zero-order chi connectivity index (χ0) is 11.1. The van der Waals surface area contributed by atoms with Gasteiger partial charge in [-0.3, -0.25) is 0 Å². The molecular formula is C13H21N3. The lowest BCUT2D eigenvalue weighted by atomic mass is 9.81. The average molecular weight is 219 g/mol. The Bertz CT molecular complexity index is 373. The van der Waals surface area contributed by atoms with Crippen molar-refractivity contribution < 1.29 is 0 Å². The largest absolute Gasteiger partial charge is 0.345 e. The van der Waals surface area contributed by atoms with Crippen LogP contribution in [-0.2, 0) is 0 Å². The molecule has 2 N–H and O–H groups in total. The Morgan fingerprint density at radius 1 is 1.19 bits per heavy atom. The summed E-state index contributed by atoms with van der Waals surface area (Å²) in [6.07, 6.45) is 4.09. The number of nitrogens with zero attached hydrogens (tertiary/aromatic N) is 1. The molecular weight excluding hydrogens is 198 g/mol. The molecule has 1 aromatic heterocycles. The Kier molecular flexibility index (Phi) is 2.51. The van der Waals surface area contributed by atoms with Crippen LogP contribution in [0.2, 0.25) is 0 Å². The van der Waals surface area contributed by atoms with Crippen LogP contribution in [0.4, 0.5) is 0 Å². The summed E-state index contributed by atoms with van der Waals surface area (Å²) in [6.45, 7) is 6.69. The number of imidazole rings is 1. The maximum Gasteiger partial charge on any atom is 0.112 e. The Morgan fingerprint density at radius 2 is 1.94 bits per heavy atom. The molecule has 1 aromatic rings. The first-order valence-electron chi connectivity index (χ1n) is 6.56. The van der Waals surface area contributed by atoms with E-state index in [1.165, 1.54) is 36.5 Å².